The molecular formula is C17H24N6O5. The quantitative estimate of drug-likeness (QED) is 0.194. The SMILES string of the molecule is CC(C)[C@H](N)C(=O)OC[C@H]1O[C@@](C#N)(c2ccc(C(=N)N=CN)[nH]2)[C@H](O)[C@@H]1O. The predicted molar refractivity (Wildman–Crippen MR) is 98.3 cm³/mol. The smallest absolute Gasteiger partial charge is 0.323 e. The second kappa shape index (κ2) is 8.49. The molecule has 1 aliphatic rings. The van der Waals surface area contributed by atoms with Crippen molar-refractivity contribution in [3.63, 3.8) is 0 Å². The third-order valence-electron chi connectivity index (χ3n) is 4.55. The van der Waals surface area contributed by atoms with Gasteiger partial charge in [0.05, 0.1) is 17.7 Å². The summed E-state index contributed by atoms with van der Waals surface area (Å²) in [7, 11) is 0. The number of aliphatic hydroxyl groups is 2. The van der Waals surface area contributed by atoms with Crippen molar-refractivity contribution >= 4 is 18.1 Å². The third-order valence-corrected chi connectivity index (χ3v) is 4.55. The maximum Gasteiger partial charge on any atom is 0.323 e. The Kier molecular flexibility index (Phi) is 6.52. The molecule has 1 aliphatic heterocycles. The minimum Gasteiger partial charge on any atom is -0.462 e. The Morgan fingerprint density at radius 2 is 2.25 bits per heavy atom. The lowest BCUT2D eigenvalue weighted by Gasteiger charge is -2.23. The summed E-state index contributed by atoms with van der Waals surface area (Å²) in [6.45, 7) is 3.13. The molecule has 1 fully saturated rings. The van der Waals surface area contributed by atoms with Gasteiger partial charge in [-0.1, -0.05) is 13.8 Å². The van der Waals surface area contributed by atoms with E-state index in [4.69, 9.17) is 26.4 Å². The molecule has 1 saturated heterocycles. The molecule has 152 valence electrons. The normalized spacial score (nSPS) is 28.4. The van der Waals surface area contributed by atoms with Gasteiger partial charge in [0.15, 0.2) is 5.84 Å². The summed E-state index contributed by atoms with van der Waals surface area (Å²) in [6.07, 6.45) is -3.32. The van der Waals surface area contributed by atoms with Gasteiger partial charge in [-0.2, -0.15) is 5.26 Å². The third kappa shape index (κ3) is 3.90. The van der Waals surface area contributed by atoms with Gasteiger partial charge in [0.1, 0.15) is 37.0 Å². The van der Waals surface area contributed by atoms with Crippen molar-refractivity contribution in [2.45, 2.75) is 43.8 Å². The van der Waals surface area contributed by atoms with Crippen molar-refractivity contribution in [2.24, 2.45) is 22.4 Å². The van der Waals surface area contributed by atoms with E-state index >= 15 is 0 Å². The van der Waals surface area contributed by atoms with E-state index in [9.17, 15) is 20.3 Å². The summed E-state index contributed by atoms with van der Waals surface area (Å²) in [4.78, 5) is 18.3. The summed E-state index contributed by atoms with van der Waals surface area (Å²) >= 11 is 0. The van der Waals surface area contributed by atoms with Crippen LogP contribution in [0.1, 0.15) is 25.2 Å². The Bertz CT molecular complexity index is 800. The number of nitrogens with two attached hydrogens (primary N) is 2. The van der Waals surface area contributed by atoms with Crippen LogP contribution in [0.5, 0.6) is 0 Å². The van der Waals surface area contributed by atoms with E-state index in [1.807, 2.05) is 6.07 Å². The molecular weight excluding hydrogens is 368 g/mol. The van der Waals surface area contributed by atoms with Gasteiger partial charge in [0.2, 0.25) is 5.60 Å². The molecule has 2 heterocycles. The molecule has 2 rings (SSSR count). The lowest BCUT2D eigenvalue weighted by Crippen LogP contribution is -2.41. The standard InChI is InChI=1S/C17H24N6O5/c1-8(2)12(20)16(26)27-5-10-13(24)14(25)17(6-18,28-10)11-4-3-9(23-11)15(21)22-7-19/h3-4,7-8,10,12-14,23-25H,5,20H2,1-2H3,(H3,19,21,22)/t10-,12+,13-,14-,17+/m1/s1. The number of aromatic nitrogens is 1. The second-order valence-corrected chi connectivity index (χ2v) is 6.75. The monoisotopic (exact) mass is 392 g/mol. The van der Waals surface area contributed by atoms with Crippen LogP contribution in [0.4, 0.5) is 0 Å². The van der Waals surface area contributed by atoms with Crippen LogP contribution in [0.15, 0.2) is 17.1 Å². The molecule has 5 atom stereocenters. The molecule has 0 aliphatic carbocycles. The van der Waals surface area contributed by atoms with Crippen molar-refractivity contribution in [2.75, 3.05) is 6.61 Å². The fourth-order valence-electron chi connectivity index (χ4n) is 2.76. The van der Waals surface area contributed by atoms with Gasteiger partial charge in [0.25, 0.3) is 0 Å². The molecule has 0 bridgehead atoms. The van der Waals surface area contributed by atoms with Crippen LogP contribution < -0.4 is 11.5 Å². The van der Waals surface area contributed by atoms with E-state index in [2.05, 4.69) is 9.98 Å². The lowest BCUT2D eigenvalue weighted by molar-refractivity contribution is -0.153. The predicted octanol–water partition coefficient (Wildman–Crippen LogP) is -1.31. The highest BCUT2D eigenvalue weighted by molar-refractivity contribution is 5.99. The van der Waals surface area contributed by atoms with E-state index in [1.165, 1.54) is 12.1 Å². The average Bonchev–Trinajstić information content (AvgIpc) is 3.25. The Morgan fingerprint density at radius 3 is 2.82 bits per heavy atom. The van der Waals surface area contributed by atoms with Crippen molar-refractivity contribution in [3.05, 3.63) is 23.5 Å². The molecule has 1 aromatic heterocycles. The maximum atomic E-state index is 11.9. The summed E-state index contributed by atoms with van der Waals surface area (Å²) in [5, 5.41) is 38.2. The number of aliphatic imine (C=N–C) groups is 1. The highest BCUT2D eigenvalue weighted by Crippen LogP contribution is 2.39. The number of rotatable bonds is 6. The Balaban J connectivity index is 2.19. The van der Waals surface area contributed by atoms with Gasteiger partial charge in [0, 0.05) is 0 Å². The fourth-order valence-corrected chi connectivity index (χ4v) is 2.76. The fraction of sp³-hybridized carbons (Fsp3) is 0.529. The number of carbonyl (C=O) groups is 1. The minimum atomic E-state index is -1.94. The highest BCUT2D eigenvalue weighted by Gasteiger charge is 2.57. The van der Waals surface area contributed by atoms with Gasteiger partial charge in [-0.05, 0) is 18.1 Å². The first kappa shape index (κ1) is 21.5. The van der Waals surface area contributed by atoms with E-state index in [-0.39, 0.29) is 29.7 Å². The molecule has 0 aromatic carbocycles. The van der Waals surface area contributed by atoms with E-state index < -0.39 is 35.9 Å². The zero-order valence-corrected chi connectivity index (χ0v) is 15.5. The lowest BCUT2D eigenvalue weighted by atomic mass is 9.93. The molecule has 28 heavy (non-hydrogen) atoms. The van der Waals surface area contributed by atoms with Crippen LogP contribution >= 0.6 is 0 Å². The first-order valence-corrected chi connectivity index (χ1v) is 8.58. The first-order valence-electron chi connectivity index (χ1n) is 8.58. The number of ether oxygens (including phenoxy) is 2. The molecule has 1 aromatic rings. The van der Waals surface area contributed by atoms with Crippen LogP contribution in [-0.4, -0.2) is 64.3 Å². The van der Waals surface area contributed by atoms with Gasteiger partial charge >= 0.3 is 5.97 Å². The number of nitrogens with zero attached hydrogens (tertiary/aromatic N) is 2. The van der Waals surface area contributed by atoms with Crippen LogP contribution in [0, 0.1) is 22.7 Å². The molecule has 11 nitrogen and oxygen atoms in total. The number of esters is 1. The number of hydrogen-bond donors (Lipinski definition) is 6. The van der Waals surface area contributed by atoms with E-state index in [1.54, 1.807) is 13.8 Å². The van der Waals surface area contributed by atoms with Crippen molar-refractivity contribution in [3.8, 4) is 6.07 Å². The van der Waals surface area contributed by atoms with Crippen LogP contribution in [-0.2, 0) is 19.9 Å². The minimum absolute atomic E-state index is 0.112. The molecule has 8 N–H and O–H groups in total. The number of nitrogens with one attached hydrogen (secondary N) is 2. The van der Waals surface area contributed by atoms with Crippen LogP contribution in [0.25, 0.3) is 0 Å². The number of H-pyrrole nitrogens is 1. The van der Waals surface area contributed by atoms with Crippen molar-refractivity contribution in [1.29, 1.82) is 10.7 Å². The summed E-state index contributed by atoms with van der Waals surface area (Å²) in [5.41, 5.74) is 9.27. The summed E-state index contributed by atoms with van der Waals surface area (Å²) < 4.78 is 10.7. The molecule has 0 radical (unpaired) electrons. The molecule has 0 unspecified atom stereocenters. The van der Waals surface area contributed by atoms with Crippen LogP contribution in [0.3, 0.4) is 0 Å². The van der Waals surface area contributed by atoms with Gasteiger partial charge < -0.3 is 36.1 Å². The number of carbonyl (C=O) groups excluding carboxylic acids is 1. The van der Waals surface area contributed by atoms with E-state index in [0.717, 1.165) is 6.34 Å². The van der Waals surface area contributed by atoms with Crippen LogP contribution in [0.2, 0.25) is 0 Å². The Morgan fingerprint density at radius 1 is 1.57 bits per heavy atom. The summed E-state index contributed by atoms with van der Waals surface area (Å²) in [5.74, 6) is -1.01. The maximum absolute atomic E-state index is 11.9. The van der Waals surface area contributed by atoms with Gasteiger partial charge in [-0.15, -0.1) is 0 Å². The van der Waals surface area contributed by atoms with Crippen molar-refractivity contribution < 1.29 is 24.5 Å². The molecule has 0 saturated carbocycles. The zero-order chi connectivity index (χ0) is 21.1. The number of nitriles is 1. The highest BCUT2D eigenvalue weighted by atomic mass is 16.6. The Hall–Kier alpha value is -2.78. The largest absolute Gasteiger partial charge is 0.462 e. The first-order chi connectivity index (χ1) is 13.2. The number of hydrogen-bond acceptors (Lipinski definition) is 8. The zero-order valence-electron chi connectivity index (χ0n) is 15.5. The number of aliphatic hydroxyl groups excluding tert-OH is 2. The average molecular weight is 392 g/mol. The van der Waals surface area contributed by atoms with Crippen molar-refractivity contribution in [1.82, 2.24) is 4.98 Å². The summed E-state index contributed by atoms with van der Waals surface area (Å²) in [6, 6.07) is 3.90. The molecule has 11 heteroatoms. The van der Waals surface area contributed by atoms with Gasteiger partial charge in [-0.25, -0.2) is 4.99 Å². The van der Waals surface area contributed by atoms with Gasteiger partial charge in [-0.3, -0.25) is 10.2 Å². The number of aromatic amines is 1. The molecule has 0 spiro atoms. The Labute approximate surface area is 161 Å². The number of amidine groups is 1. The van der Waals surface area contributed by atoms with E-state index in [0.29, 0.717) is 0 Å². The molecule has 0 amide bonds. The second-order valence-electron chi connectivity index (χ2n) is 6.75. The topological polar surface area (TPSA) is 204 Å².